The van der Waals surface area contributed by atoms with Crippen LogP contribution in [0.4, 0.5) is 0 Å². The van der Waals surface area contributed by atoms with Gasteiger partial charge in [0.15, 0.2) is 0 Å². The predicted molar refractivity (Wildman–Crippen MR) is 84.7 cm³/mol. The molecule has 0 saturated heterocycles. The van der Waals surface area contributed by atoms with Crippen molar-refractivity contribution >= 4 is 35.6 Å². The predicted octanol–water partition coefficient (Wildman–Crippen LogP) is 1.21. The number of thioether (sulfide) groups is 1. The van der Waals surface area contributed by atoms with Crippen molar-refractivity contribution in [1.82, 2.24) is 5.32 Å². The zero-order chi connectivity index (χ0) is 17.1. The molecule has 0 unspecified atom stereocenters. The smallest absolute Gasteiger partial charge is 0.328 e. The summed E-state index contributed by atoms with van der Waals surface area (Å²) in [6, 6.07) is -0.896. The molecule has 0 aliphatic carbocycles. The highest BCUT2D eigenvalue weighted by atomic mass is 32.2. The molecule has 0 aliphatic heterocycles. The molecular formula is C14H23N3O4S. The molecule has 0 aliphatic rings. The third kappa shape index (κ3) is 7.95. The van der Waals surface area contributed by atoms with E-state index in [1.165, 1.54) is 11.8 Å². The maximum absolute atomic E-state index is 12.1. The molecule has 0 spiro atoms. The molecule has 124 valence electrons. The normalized spacial score (nSPS) is 13.0. The second-order valence-electron chi connectivity index (χ2n) is 4.93. The van der Waals surface area contributed by atoms with Gasteiger partial charge < -0.3 is 15.6 Å². The number of nitrogens with zero attached hydrogens (tertiary/aromatic N) is 2. The molecule has 8 heteroatoms. The number of carbonyl (C=O) groups excluding carboxylic acids is 3. The molecule has 0 heterocycles. The van der Waals surface area contributed by atoms with Gasteiger partial charge in [0.25, 0.3) is 0 Å². The molecule has 0 aromatic rings. The van der Waals surface area contributed by atoms with Crippen LogP contribution in [0, 0.1) is 0 Å². The molecular weight excluding hydrogens is 306 g/mol. The van der Waals surface area contributed by atoms with E-state index in [1.807, 2.05) is 13.2 Å². The summed E-state index contributed by atoms with van der Waals surface area (Å²) in [5, 5.41) is 2.37. The minimum Gasteiger partial charge on any atom is -0.461 e. The summed E-state index contributed by atoms with van der Waals surface area (Å²) in [5.41, 5.74) is 8.30. The number of Topliss-reactive ketones (excluding diaryl/α,β-unsaturated/α-hetero) is 1. The van der Waals surface area contributed by atoms with Crippen LogP contribution in [0.3, 0.4) is 0 Å². The first kappa shape index (κ1) is 20.3. The molecule has 22 heavy (non-hydrogen) atoms. The van der Waals surface area contributed by atoms with Crippen molar-refractivity contribution in [1.29, 1.82) is 0 Å². The maximum Gasteiger partial charge on any atom is 0.328 e. The van der Waals surface area contributed by atoms with Crippen LogP contribution in [0.25, 0.3) is 5.53 Å². The second kappa shape index (κ2) is 11.0. The third-order valence-corrected chi connectivity index (χ3v) is 3.90. The summed E-state index contributed by atoms with van der Waals surface area (Å²) in [6.45, 7) is 5.29. The van der Waals surface area contributed by atoms with E-state index in [2.05, 4.69) is 10.1 Å². The fourth-order valence-corrected chi connectivity index (χ4v) is 2.32. The number of rotatable bonds is 10. The first-order valence-electron chi connectivity index (χ1n) is 7.09. The van der Waals surface area contributed by atoms with Gasteiger partial charge in [-0.2, -0.15) is 16.6 Å². The summed E-state index contributed by atoms with van der Waals surface area (Å²) in [4.78, 5) is 38.1. The number of hydrogen-bond acceptors (Lipinski definition) is 5. The van der Waals surface area contributed by atoms with Crippen LogP contribution in [0.2, 0.25) is 0 Å². The van der Waals surface area contributed by atoms with Gasteiger partial charge in [-0.25, -0.2) is 4.79 Å². The van der Waals surface area contributed by atoms with Gasteiger partial charge in [-0.3, -0.25) is 9.59 Å². The summed E-state index contributed by atoms with van der Waals surface area (Å²) in [7, 11) is 0. The summed E-state index contributed by atoms with van der Waals surface area (Å²) >= 11 is 1.39. The van der Waals surface area contributed by atoms with Crippen LogP contribution in [0.15, 0.2) is 0 Å². The van der Waals surface area contributed by atoms with Crippen molar-refractivity contribution < 1.29 is 23.9 Å². The monoisotopic (exact) mass is 329 g/mol. The van der Waals surface area contributed by atoms with Crippen molar-refractivity contribution in [2.75, 3.05) is 6.26 Å². The quantitative estimate of drug-likeness (QED) is 0.280. The van der Waals surface area contributed by atoms with Gasteiger partial charge in [-0.15, -0.1) is 0 Å². The van der Waals surface area contributed by atoms with E-state index in [0.717, 1.165) is 6.21 Å². The molecule has 0 fully saturated rings. The Hall–Kier alpha value is -1.66. The molecule has 7 nitrogen and oxygen atoms in total. The minimum absolute atomic E-state index is 0.0295. The number of ketones is 1. The van der Waals surface area contributed by atoms with E-state index in [0.29, 0.717) is 6.42 Å². The van der Waals surface area contributed by atoms with Gasteiger partial charge in [0.2, 0.25) is 11.7 Å². The first-order valence-corrected chi connectivity index (χ1v) is 8.38. The van der Waals surface area contributed by atoms with Crippen LogP contribution in [-0.4, -0.2) is 52.3 Å². The average Bonchev–Trinajstić information content (AvgIpc) is 2.44. The largest absolute Gasteiger partial charge is 0.461 e. The van der Waals surface area contributed by atoms with Gasteiger partial charge in [0, 0.05) is 6.42 Å². The maximum atomic E-state index is 12.1. The lowest BCUT2D eigenvalue weighted by Gasteiger charge is -2.21. The Balaban J connectivity index is 4.84. The fourth-order valence-electron chi connectivity index (χ4n) is 1.70. The highest BCUT2D eigenvalue weighted by molar-refractivity contribution is 7.99. The zero-order valence-corrected chi connectivity index (χ0v) is 14.2. The molecule has 0 saturated carbocycles. The Kier molecular flexibility index (Phi) is 10.2. The number of nitrogens with one attached hydrogen (secondary N) is 1. The Bertz CT molecular complexity index is 443. The minimum atomic E-state index is -0.896. The van der Waals surface area contributed by atoms with Gasteiger partial charge in [-0.1, -0.05) is 6.92 Å². The topological polar surface area (TPSA) is 109 Å². The molecule has 0 rings (SSSR count). The van der Waals surface area contributed by atoms with Crippen molar-refractivity contribution in [3.05, 3.63) is 5.53 Å². The summed E-state index contributed by atoms with van der Waals surface area (Å²) in [5.74, 6) is -1.27. The number of amides is 1. The van der Waals surface area contributed by atoms with Crippen LogP contribution >= 0.6 is 11.8 Å². The Morgan fingerprint density at radius 3 is 2.45 bits per heavy atom. The van der Waals surface area contributed by atoms with Crippen molar-refractivity contribution in [3.8, 4) is 0 Å². The van der Waals surface area contributed by atoms with E-state index >= 15 is 0 Å². The van der Waals surface area contributed by atoms with Gasteiger partial charge in [0.1, 0.15) is 6.04 Å². The van der Waals surface area contributed by atoms with E-state index in [4.69, 9.17) is 10.3 Å². The Morgan fingerprint density at radius 1 is 1.36 bits per heavy atom. The lowest BCUT2D eigenvalue weighted by atomic mass is 10.1. The molecule has 2 atom stereocenters. The van der Waals surface area contributed by atoms with E-state index in [1.54, 1.807) is 13.8 Å². The Morgan fingerprint density at radius 2 is 2.00 bits per heavy atom. The summed E-state index contributed by atoms with van der Waals surface area (Å²) in [6.07, 6.45) is 2.96. The standard InChI is InChI=1S/C14H23N3O4S/c1-5-12(22-4)13(19)17-11(14(20)21-9(2)3)7-6-10(18)8-16-15/h8-9,11-12H,5-7H2,1-4H3,(H,17,19)/t11-,12-/m0/s1. The highest BCUT2D eigenvalue weighted by Crippen LogP contribution is 2.12. The molecule has 1 N–H and O–H groups in total. The number of ether oxygens (including phenoxy) is 1. The lowest BCUT2D eigenvalue weighted by molar-refractivity contribution is -0.151. The second-order valence-corrected chi connectivity index (χ2v) is 5.97. The molecule has 0 aromatic carbocycles. The molecule has 0 bridgehead atoms. The van der Waals surface area contributed by atoms with E-state index < -0.39 is 17.8 Å². The number of carbonyl (C=O) groups is 3. The van der Waals surface area contributed by atoms with Crippen LogP contribution in [-0.2, 0) is 19.1 Å². The van der Waals surface area contributed by atoms with Crippen LogP contribution in [0.5, 0.6) is 0 Å². The number of hydrogen-bond donors (Lipinski definition) is 1. The van der Waals surface area contributed by atoms with Gasteiger partial charge in [-0.05, 0) is 32.9 Å². The van der Waals surface area contributed by atoms with Crippen molar-refractivity contribution in [2.45, 2.75) is 57.4 Å². The average molecular weight is 329 g/mol. The van der Waals surface area contributed by atoms with Crippen molar-refractivity contribution in [2.24, 2.45) is 0 Å². The number of esters is 1. The summed E-state index contributed by atoms with van der Waals surface area (Å²) < 4.78 is 5.10. The first-order chi connectivity index (χ1) is 10.3. The SMILES string of the molecule is CC[C@H](SC)C(=O)N[C@@H](CCC(=O)C=[N+]=[N-])C(=O)OC(C)C. The molecule has 0 radical (unpaired) electrons. The van der Waals surface area contributed by atoms with Gasteiger partial charge in [0.05, 0.1) is 11.4 Å². The highest BCUT2D eigenvalue weighted by Gasteiger charge is 2.26. The lowest BCUT2D eigenvalue weighted by Crippen LogP contribution is -2.46. The van der Waals surface area contributed by atoms with E-state index in [-0.39, 0.29) is 30.1 Å². The van der Waals surface area contributed by atoms with Gasteiger partial charge >= 0.3 is 12.2 Å². The van der Waals surface area contributed by atoms with E-state index in [9.17, 15) is 14.4 Å². The zero-order valence-electron chi connectivity index (χ0n) is 13.4. The molecule has 0 aromatic heterocycles. The van der Waals surface area contributed by atoms with Crippen LogP contribution < -0.4 is 5.32 Å². The Labute approximate surface area is 134 Å². The third-order valence-electron chi connectivity index (χ3n) is 2.78. The van der Waals surface area contributed by atoms with Crippen LogP contribution in [0.1, 0.15) is 40.0 Å². The molecule has 1 amide bonds. The van der Waals surface area contributed by atoms with Crippen molar-refractivity contribution in [3.63, 3.8) is 0 Å². The fraction of sp³-hybridized carbons (Fsp3) is 0.714.